The summed E-state index contributed by atoms with van der Waals surface area (Å²) in [6, 6.07) is 13.4. The number of esters is 2. The summed E-state index contributed by atoms with van der Waals surface area (Å²) in [5, 5.41) is 3.86. The number of ether oxygens (including phenoxy) is 2. The van der Waals surface area contributed by atoms with Crippen molar-refractivity contribution in [3.8, 4) is 11.4 Å². The highest BCUT2D eigenvalue weighted by Crippen LogP contribution is 2.19. The van der Waals surface area contributed by atoms with Crippen LogP contribution in [0.2, 0.25) is 0 Å². The molecule has 0 N–H and O–H groups in total. The Morgan fingerprint density at radius 1 is 1.08 bits per heavy atom. The number of nitrogens with zero attached hydrogens (tertiary/aromatic N) is 2. The smallest absolute Gasteiger partial charge is 0.338 e. The number of hydrogen-bond donors (Lipinski definition) is 0. The standard InChI is InChI=1S/C18H13BrN2O5/c1-24-17(22)12-3-2-4-13(9-12)18(23)25-10-15-20-16(21-26-15)11-5-7-14(19)8-6-11/h2-9H,10H2,1H3. The minimum atomic E-state index is -0.612. The maximum absolute atomic E-state index is 12.1. The van der Waals surface area contributed by atoms with E-state index in [2.05, 4.69) is 30.8 Å². The number of rotatable bonds is 5. The Kier molecular flexibility index (Phi) is 5.43. The molecule has 0 saturated heterocycles. The highest BCUT2D eigenvalue weighted by Gasteiger charge is 2.14. The molecule has 0 spiro atoms. The van der Waals surface area contributed by atoms with Crippen molar-refractivity contribution < 1.29 is 23.6 Å². The van der Waals surface area contributed by atoms with E-state index < -0.39 is 11.9 Å². The molecule has 1 aromatic heterocycles. The quantitative estimate of drug-likeness (QED) is 0.586. The van der Waals surface area contributed by atoms with Gasteiger partial charge in [0.25, 0.3) is 5.89 Å². The molecule has 26 heavy (non-hydrogen) atoms. The van der Waals surface area contributed by atoms with Crippen molar-refractivity contribution in [2.75, 3.05) is 7.11 Å². The summed E-state index contributed by atoms with van der Waals surface area (Å²) < 4.78 is 15.8. The van der Waals surface area contributed by atoms with Crippen LogP contribution in [0.1, 0.15) is 26.6 Å². The Bertz CT molecular complexity index is 937. The number of benzene rings is 2. The van der Waals surface area contributed by atoms with Crippen molar-refractivity contribution in [3.05, 3.63) is 70.0 Å². The second-order valence-corrected chi connectivity index (χ2v) is 6.08. The van der Waals surface area contributed by atoms with Crippen LogP contribution in [0.15, 0.2) is 57.5 Å². The zero-order chi connectivity index (χ0) is 18.5. The molecule has 132 valence electrons. The summed E-state index contributed by atoms with van der Waals surface area (Å²) in [5.41, 5.74) is 1.26. The van der Waals surface area contributed by atoms with E-state index in [4.69, 9.17) is 9.26 Å². The fraction of sp³-hybridized carbons (Fsp3) is 0.111. The van der Waals surface area contributed by atoms with Crippen LogP contribution >= 0.6 is 15.9 Å². The van der Waals surface area contributed by atoms with Crippen LogP contribution in [0.25, 0.3) is 11.4 Å². The van der Waals surface area contributed by atoms with Crippen LogP contribution in [0.5, 0.6) is 0 Å². The van der Waals surface area contributed by atoms with Gasteiger partial charge in [-0.1, -0.05) is 27.2 Å². The van der Waals surface area contributed by atoms with E-state index in [-0.39, 0.29) is 23.6 Å². The lowest BCUT2D eigenvalue weighted by Crippen LogP contribution is -2.08. The maximum atomic E-state index is 12.1. The van der Waals surface area contributed by atoms with Gasteiger partial charge < -0.3 is 14.0 Å². The number of hydrogen-bond acceptors (Lipinski definition) is 7. The number of aromatic nitrogens is 2. The molecule has 0 aliphatic carbocycles. The Balaban J connectivity index is 1.65. The second kappa shape index (κ2) is 7.92. The van der Waals surface area contributed by atoms with E-state index in [1.165, 1.54) is 19.2 Å². The van der Waals surface area contributed by atoms with Crippen LogP contribution < -0.4 is 0 Å². The molecule has 0 bridgehead atoms. The van der Waals surface area contributed by atoms with Crippen LogP contribution in [-0.4, -0.2) is 29.2 Å². The molecule has 2 aromatic carbocycles. The van der Waals surface area contributed by atoms with Gasteiger partial charge in [0.15, 0.2) is 6.61 Å². The third-order valence-electron chi connectivity index (χ3n) is 3.42. The van der Waals surface area contributed by atoms with E-state index in [0.29, 0.717) is 5.82 Å². The number of carbonyl (C=O) groups is 2. The van der Waals surface area contributed by atoms with Crippen LogP contribution in [0.4, 0.5) is 0 Å². The minimum Gasteiger partial charge on any atom is -0.465 e. The number of carbonyl (C=O) groups excluding carboxylic acids is 2. The van der Waals surface area contributed by atoms with Gasteiger partial charge >= 0.3 is 11.9 Å². The first-order valence-corrected chi connectivity index (χ1v) is 8.30. The van der Waals surface area contributed by atoms with Crippen LogP contribution in [0, 0.1) is 0 Å². The molecule has 0 radical (unpaired) electrons. The fourth-order valence-electron chi connectivity index (χ4n) is 2.13. The lowest BCUT2D eigenvalue weighted by Gasteiger charge is -2.04. The maximum Gasteiger partial charge on any atom is 0.338 e. The summed E-state index contributed by atoms with van der Waals surface area (Å²) in [6.07, 6.45) is 0. The van der Waals surface area contributed by atoms with Crippen molar-refractivity contribution >= 4 is 27.9 Å². The summed E-state index contributed by atoms with van der Waals surface area (Å²) >= 11 is 3.35. The number of methoxy groups -OCH3 is 1. The van der Waals surface area contributed by atoms with E-state index in [9.17, 15) is 9.59 Å². The highest BCUT2D eigenvalue weighted by molar-refractivity contribution is 9.10. The summed E-state index contributed by atoms with van der Waals surface area (Å²) in [6.45, 7) is -0.176. The molecule has 3 aromatic rings. The Morgan fingerprint density at radius 2 is 1.77 bits per heavy atom. The van der Waals surface area contributed by atoms with Gasteiger partial charge in [-0.05, 0) is 42.5 Å². The number of halogens is 1. The van der Waals surface area contributed by atoms with Gasteiger partial charge in [-0.15, -0.1) is 0 Å². The van der Waals surface area contributed by atoms with Gasteiger partial charge in [0.2, 0.25) is 5.82 Å². The summed E-state index contributed by atoms with van der Waals surface area (Å²) in [5.74, 6) is -0.577. The molecule has 0 fully saturated rings. The molecule has 0 atom stereocenters. The average molecular weight is 417 g/mol. The van der Waals surface area contributed by atoms with Gasteiger partial charge in [0.05, 0.1) is 18.2 Å². The van der Waals surface area contributed by atoms with Gasteiger partial charge in [-0.25, -0.2) is 9.59 Å². The average Bonchev–Trinajstić information content (AvgIpc) is 3.15. The van der Waals surface area contributed by atoms with E-state index in [1.54, 1.807) is 12.1 Å². The molecular weight excluding hydrogens is 404 g/mol. The van der Waals surface area contributed by atoms with Crippen LogP contribution in [0.3, 0.4) is 0 Å². The lowest BCUT2D eigenvalue weighted by molar-refractivity contribution is 0.0430. The monoisotopic (exact) mass is 416 g/mol. The second-order valence-electron chi connectivity index (χ2n) is 5.17. The molecule has 3 rings (SSSR count). The zero-order valence-electron chi connectivity index (χ0n) is 13.6. The lowest BCUT2D eigenvalue weighted by atomic mass is 10.1. The molecule has 8 heteroatoms. The zero-order valence-corrected chi connectivity index (χ0v) is 15.2. The Labute approximate surface area is 157 Å². The summed E-state index contributed by atoms with van der Waals surface area (Å²) in [7, 11) is 1.27. The van der Waals surface area contributed by atoms with E-state index in [0.717, 1.165) is 10.0 Å². The third-order valence-corrected chi connectivity index (χ3v) is 3.95. The van der Waals surface area contributed by atoms with Crippen molar-refractivity contribution in [2.24, 2.45) is 0 Å². The van der Waals surface area contributed by atoms with Gasteiger partial charge in [-0.2, -0.15) is 4.98 Å². The van der Waals surface area contributed by atoms with Crippen molar-refractivity contribution in [2.45, 2.75) is 6.61 Å². The highest BCUT2D eigenvalue weighted by atomic mass is 79.9. The van der Waals surface area contributed by atoms with Crippen molar-refractivity contribution in [1.29, 1.82) is 0 Å². The molecule has 0 aliphatic heterocycles. The van der Waals surface area contributed by atoms with Gasteiger partial charge in [-0.3, -0.25) is 0 Å². The first-order chi connectivity index (χ1) is 12.6. The first-order valence-electron chi connectivity index (χ1n) is 7.51. The Morgan fingerprint density at radius 3 is 2.46 bits per heavy atom. The molecule has 0 unspecified atom stereocenters. The minimum absolute atomic E-state index is 0.167. The van der Waals surface area contributed by atoms with Crippen molar-refractivity contribution in [1.82, 2.24) is 10.1 Å². The predicted molar refractivity (Wildman–Crippen MR) is 94.3 cm³/mol. The topological polar surface area (TPSA) is 91.5 Å². The summed E-state index contributed by atoms with van der Waals surface area (Å²) in [4.78, 5) is 27.8. The third kappa shape index (κ3) is 4.15. The molecular formula is C18H13BrN2O5. The molecule has 0 amide bonds. The molecule has 1 heterocycles. The van der Waals surface area contributed by atoms with Gasteiger partial charge in [0, 0.05) is 10.0 Å². The van der Waals surface area contributed by atoms with Gasteiger partial charge in [0.1, 0.15) is 0 Å². The van der Waals surface area contributed by atoms with E-state index >= 15 is 0 Å². The van der Waals surface area contributed by atoms with E-state index in [1.807, 2.05) is 24.3 Å². The first kappa shape index (κ1) is 17.8. The Hall–Kier alpha value is -3.00. The predicted octanol–water partition coefficient (Wildman–Crippen LogP) is 3.64. The van der Waals surface area contributed by atoms with Crippen molar-refractivity contribution in [3.63, 3.8) is 0 Å². The molecule has 7 nitrogen and oxygen atoms in total. The molecule has 0 aliphatic rings. The largest absolute Gasteiger partial charge is 0.465 e. The SMILES string of the molecule is COC(=O)c1cccc(C(=O)OCc2nc(-c3ccc(Br)cc3)no2)c1. The van der Waals surface area contributed by atoms with Crippen LogP contribution in [-0.2, 0) is 16.1 Å². The normalized spacial score (nSPS) is 10.4. The molecule has 0 saturated carbocycles. The fourth-order valence-corrected chi connectivity index (χ4v) is 2.40.